The standard InChI is InChI=1S/C26H33FN2O/c1-18(2)11-25(30)29-17-26(23-15-22(27)5-6-24(23)29)7-9-28(10-8-26)16-21-13-19(3)12-20(4)14-21/h5-6,12-15,18H,7-11,16-17H2,1-4H3. The predicted octanol–water partition coefficient (Wildman–Crippen LogP) is 5.37. The van der Waals surface area contributed by atoms with Crippen molar-refractivity contribution < 1.29 is 9.18 Å². The molecule has 3 nitrogen and oxygen atoms in total. The summed E-state index contributed by atoms with van der Waals surface area (Å²) in [6.45, 7) is 12.0. The average Bonchev–Trinajstić information content (AvgIpc) is 2.96. The van der Waals surface area contributed by atoms with Gasteiger partial charge in [-0.1, -0.05) is 43.2 Å². The number of anilines is 1. The van der Waals surface area contributed by atoms with Gasteiger partial charge in [-0.15, -0.1) is 0 Å². The Morgan fingerprint density at radius 1 is 1.07 bits per heavy atom. The summed E-state index contributed by atoms with van der Waals surface area (Å²) in [4.78, 5) is 17.3. The lowest BCUT2D eigenvalue weighted by Crippen LogP contribution is -2.45. The number of hydrogen-bond acceptors (Lipinski definition) is 2. The first kappa shape index (κ1) is 21.0. The first-order chi connectivity index (χ1) is 14.3. The second-order valence-corrected chi connectivity index (χ2v) is 9.79. The van der Waals surface area contributed by atoms with Crippen LogP contribution >= 0.6 is 0 Å². The molecular weight excluding hydrogens is 375 g/mol. The molecule has 4 heteroatoms. The van der Waals surface area contributed by atoms with E-state index in [-0.39, 0.29) is 17.1 Å². The van der Waals surface area contributed by atoms with Gasteiger partial charge in [-0.25, -0.2) is 4.39 Å². The molecule has 0 radical (unpaired) electrons. The minimum absolute atomic E-state index is 0.122. The van der Waals surface area contributed by atoms with Gasteiger partial charge in [-0.3, -0.25) is 9.69 Å². The Balaban J connectivity index is 1.52. The Bertz CT molecular complexity index is 924. The Morgan fingerprint density at radius 3 is 2.37 bits per heavy atom. The molecule has 1 amide bonds. The molecule has 30 heavy (non-hydrogen) atoms. The van der Waals surface area contributed by atoms with Crippen molar-refractivity contribution in [1.82, 2.24) is 4.90 Å². The summed E-state index contributed by atoms with van der Waals surface area (Å²) in [5.41, 5.74) is 5.80. The molecule has 2 heterocycles. The van der Waals surface area contributed by atoms with Crippen molar-refractivity contribution >= 4 is 11.6 Å². The minimum atomic E-state index is -0.205. The van der Waals surface area contributed by atoms with E-state index in [0.717, 1.165) is 43.7 Å². The van der Waals surface area contributed by atoms with Gasteiger partial charge in [-0.2, -0.15) is 0 Å². The molecule has 2 aromatic carbocycles. The number of hydrogen-bond donors (Lipinski definition) is 0. The molecule has 0 N–H and O–H groups in total. The van der Waals surface area contributed by atoms with E-state index in [2.05, 4.69) is 50.8 Å². The largest absolute Gasteiger partial charge is 0.311 e. The number of halogens is 1. The molecule has 1 fully saturated rings. The maximum Gasteiger partial charge on any atom is 0.227 e. The Labute approximate surface area is 179 Å². The van der Waals surface area contributed by atoms with Crippen LogP contribution in [0.5, 0.6) is 0 Å². The molecule has 2 aromatic rings. The molecule has 0 atom stereocenters. The number of aryl methyl sites for hydroxylation is 2. The molecule has 2 aliphatic rings. The number of benzene rings is 2. The number of amides is 1. The fourth-order valence-corrected chi connectivity index (χ4v) is 5.31. The zero-order valence-corrected chi connectivity index (χ0v) is 18.7. The molecule has 1 spiro atoms. The Kier molecular flexibility index (Phi) is 5.71. The van der Waals surface area contributed by atoms with Crippen LogP contribution in [0.1, 0.15) is 55.4 Å². The van der Waals surface area contributed by atoms with Crippen LogP contribution in [0.4, 0.5) is 10.1 Å². The van der Waals surface area contributed by atoms with Crippen molar-refractivity contribution in [3.05, 3.63) is 64.5 Å². The lowest BCUT2D eigenvalue weighted by Gasteiger charge is -2.40. The van der Waals surface area contributed by atoms with Gasteiger partial charge in [0.15, 0.2) is 0 Å². The summed E-state index contributed by atoms with van der Waals surface area (Å²) >= 11 is 0. The number of likely N-dealkylation sites (tertiary alicyclic amines) is 1. The second-order valence-electron chi connectivity index (χ2n) is 9.79. The number of carbonyl (C=O) groups excluding carboxylic acids is 1. The van der Waals surface area contributed by atoms with Crippen molar-refractivity contribution in [1.29, 1.82) is 0 Å². The van der Waals surface area contributed by atoms with Crippen LogP contribution in [0.15, 0.2) is 36.4 Å². The molecular formula is C26H33FN2O. The Hall–Kier alpha value is -2.20. The molecule has 0 saturated carbocycles. The fourth-order valence-electron chi connectivity index (χ4n) is 5.31. The van der Waals surface area contributed by atoms with E-state index in [9.17, 15) is 9.18 Å². The van der Waals surface area contributed by atoms with Crippen molar-refractivity contribution in [2.45, 2.75) is 58.9 Å². The molecule has 4 rings (SSSR count). The number of piperidine rings is 1. The average molecular weight is 409 g/mol. The third-order valence-corrected chi connectivity index (χ3v) is 6.67. The number of fused-ring (bicyclic) bond motifs is 2. The van der Waals surface area contributed by atoms with E-state index in [1.165, 1.54) is 22.8 Å². The second kappa shape index (κ2) is 8.14. The Morgan fingerprint density at radius 2 is 1.73 bits per heavy atom. The van der Waals surface area contributed by atoms with Gasteiger partial charge in [0.05, 0.1) is 0 Å². The summed E-state index contributed by atoms with van der Waals surface area (Å²) in [6, 6.07) is 11.7. The molecule has 0 aromatic heterocycles. The van der Waals surface area contributed by atoms with Crippen LogP contribution in [0, 0.1) is 25.6 Å². The van der Waals surface area contributed by atoms with E-state index in [1.807, 2.05) is 4.90 Å². The first-order valence-electron chi connectivity index (χ1n) is 11.2. The van der Waals surface area contributed by atoms with Gasteiger partial charge in [-0.05, 0) is 75.0 Å². The number of rotatable bonds is 4. The first-order valence-corrected chi connectivity index (χ1v) is 11.2. The highest BCUT2D eigenvalue weighted by atomic mass is 19.1. The van der Waals surface area contributed by atoms with Crippen LogP contribution in [0.2, 0.25) is 0 Å². The van der Waals surface area contributed by atoms with Crippen molar-refractivity contribution in [3.63, 3.8) is 0 Å². The van der Waals surface area contributed by atoms with Crippen molar-refractivity contribution in [2.75, 3.05) is 24.5 Å². The van der Waals surface area contributed by atoms with E-state index in [0.29, 0.717) is 18.9 Å². The molecule has 160 valence electrons. The summed E-state index contributed by atoms with van der Waals surface area (Å²) < 4.78 is 14.2. The van der Waals surface area contributed by atoms with Gasteiger partial charge in [0.2, 0.25) is 5.91 Å². The van der Waals surface area contributed by atoms with Crippen molar-refractivity contribution in [3.8, 4) is 0 Å². The summed E-state index contributed by atoms with van der Waals surface area (Å²) in [6.07, 6.45) is 2.45. The minimum Gasteiger partial charge on any atom is -0.311 e. The number of carbonyl (C=O) groups is 1. The quantitative estimate of drug-likeness (QED) is 0.679. The highest BCUT2D eigenvalue weighted by molar-refractivity contribution is 5.96. The van der Waals surface area contributed by atoms with Gasteiger partial charge in [0.25, 0.3) is 0 Å². The van der Waals surface area contributed by atoms with Gasteiger partial charge in [0.1, 0.15) is 5.82 Å². The normalized spacial score (nSPS) is 18.3. The maximum absolute atomic E-state index is 14.2. The van der Waals surface area contributed by atoms with E-state index < -0.39 is 0 Å². The highest BCUT2D eigenvalue weighted by Crippen LogP contribution is 2.47. The monoisotopic (exact) mass is 408 g/mol. The van der Waals surface area contributed by atoms with Gasteiger partial charge < -0.3 is 4.90 Å². The van der Waals surface area contributed by atoms with E-state index >= 15 is 0 Å². The third-order valence-electron chi connectivity index (χ3n) is 6.67. The molecule has 0 unspecified atom stereocenters. The van der Waals surface area contributed by atoms with Gasteiger partial charge in [0, 0.05) is 30.6 Å². The zero-order chi connectivity index (χ0) is 21.5. The highest BCUT2D eigenvalue weighted by Gasteiger charge is 2.46. The van der Waals surface area contributed by atoms with E-state index in [1.54, 1.807) is 12.1 Å². The third kappa shape index (κ3) is 4.15. The number of nitrogens with zero attached hydrogens (tertiary/aromatic N) is 2. The smallest absolute Gasteiger partial charge is 0.227 e. The molecule has 2 aliphatic heterocycles. The molecule has 0 bridgehead atoms. The van der Waals surface area contributed by atoms with Crippen LogP contribution in [0.25, 0.3) is 0 Å². The van der Waals surface area contributed by atoms with Crippen molar-refractivity contribution in [2.24, 2.45) is 5.92 Å². The van der Waals surface area contributed by atoms with Crippen LogP contribution in [0.3, 0.4) is 0 Å². The van der Waals surface area contributed by atoms with E-state index in [4.69, 9.17) is 0 Å². The topological polar surface area (TPSA) is 23.6 Å². The SMILES string of the molecule is Cc1cc(C)cc(CN2CCC3(CC2)CN(C(=O)CC(C)C)c2ccc(F)cc23)c1. The lowest BCUT2D eigenvalue weighted by atomic mass is 9.74. The van der Waals surface area contributed by atoms with Crippen LogP contribution in [-0.4, -0.2) is 30.4 Å². The summed E-state index contributed by atoms with van der Waals surface area (Å²) in [7, 11) is 0. The molecule has 1 saturated heterocycles. The predicted molar refractivity (Wildman–Crippen MR) is 120 cm³/mol. The summed E-state index contributed by atoms with van der Waals surface area (Å²) in [5.74, 6) is 0.272. The summed E-state index contributed by atoms with van der Waals surface area (Å²) in [5, 5.41) is 0. The van der Waals surface area contributed by atoms with Crippen LogP contribution in [-0.2, 0) is 16.8 Å². The van der Waals surface area contributed by atoms with Gasteiger partial charge >= 0.3 is 0 Å². The molecule has 0 aliphatic carbocycles. The van der Waals surface area contributed by atoms with Crippen LogP contribution < -0.4 is 4.90 Å². The fraction of sp³-hybridized carbons (Fsp3) is 0.500. The lowest BCUT2D eigenvalue weighted by molar-refractivity contribution is -0.119. The zero-order valence-electron chi connectivity index (χ0n) is 18.7. The maximum atomic E-state index is 14.2.